The Balaban J connectivity index is 1.75. The molecule has 6 nitrogen and oxygen atoms in total. The van der Waals surface area contributed by atoms with Crippen LogP contribution in [-0.4, -0.2) is 46.5 Å². The molecule has 1 aliphatic rings. The van der Waals surface area contributed by atoms with Crippen molar-refractivity contribution < 1.29 is 9.59 Å². The molecule has 1 atom stereocenters. The first-order valence-corrected chi connectivity index (χ1v) is 7.24. The Morgan fingerprint density at radius 3 is 3.15 bits per heavy atom. The molecule has 0 radical (unpaired) electrons. The van der Waals surface area contributed by atoms with Gasteiger partial charge in [-0.1, -0.05) is 6.92 Å². The van der Waals surface area contributed by atoms with Gasteiger partial charge in [0.1, 0.15) is 0 Å². The molecule has 1 fully saturated rings. The Bertz CT molecular complexity index is 444. The van der Waals surface area contributed by atoms with E-state index in [0.717, 1.165) is 25.1 Å². The third kappa shape index (κ3) is 3.82. The molecule has 2 amide bonds. The number of hydrogen-bond acceptors (Lipinski definition) is 3. The van der Waals surface area contributed by atoms with Gasteiger partial charge in [0.05, 0.1) is 5.92 Å². The number of carbonyl (C=O) groups excluding carboxylic acids is 2. The molecule has 1 aromatic rings. The smallest absolute Gasteiger partial charge is 0.224 e. The summed E-state index contributed by atoms with van der Waals surface area (Å²) in [5.41, 5.74) is 1.01. The fraction of sp³-hybridized carbons (Fsp3) is 0.643. The molecular formula is C14H22N4O2. The van der Waals surface area contributed by atoms with Crippen molar-refractivity contribution in [2.45, 2.75) is 32.6 Å². The maximum absolute atomic E-state index is 12.1. The fourth-order valence-corrected chi connectivity index (χ4v) is 2.50. The zero-order valence-corrected chi connectivity index (χ0v) is 11.9. The quantitative estimate of drug-likeness (QED) is 0.804. The first-order valence-electron chi connectivity index (χ1n) is 7.24. The maximum atomic E-state index is 12.1. The van der Waals surface area contributed by atoms with Crippen LogP contribution in [0.4, 0.5) is 0 Å². The molecule has 6 heteroatoms. The van der Waals surface area contributed by atoms with Crippen LogP contribution in [0.15, 0.2) is 12.3 Å². The minimum Gasteiger partial charge on any atom is -0.355 e. The highest BCUT2D eigenvalue weighted by Crippen LogP contribution is 2.17. The average Bonchev–Trinajstić information content (AvgIpc) is 2.94. The lowest BCUT2D eigenvalue weighted by Gasteiger charge is -2.31. The fourth-order valence-electron chi connectivity index (χ4n) is 2.50. The van der Waals surface area contributed by atoms with E-state index < -0.39 is 0 Å². The second kappa shape index (κ2) is 7.07. The van der Waals surface area contributed by atoms with Crippen LogP contribution in [-0.2, 0) is 16.0 Å². The van der Waals surface area contributed by atoms with Crippen molar-refractivity contribution in [1.29, 1.82) is 0 Å². The Morgan fingerprint density at radius 1 is 1.60 bits per heavy atom. The number of aromatic amines is 1. The molecule has 2 N–H and O–H groups in total. The Hall–Kier alpha value is -1.85. The van der Waals surface area contributed by atoms with Crippen LogP contribution >= 0.6 is 0 Å². The molecule has 1 aromatic heterocycles. The highest BCUT2D eigenvalue weighted by Gasteiger charge is 2.29. The molecule has 110 valence electrons. The molecule has 0 saturated carbocycles. The van der Waals surface area contributed by atoms with Crippen molar-refractivity contribution in [2.75, 3.05) is 19.6 Å². The molecule has 1 unspecified atom stereocenters. The molecule has 1 aliphatic heterocycles. The number of carbonyl (C=O) groups is 2. The first kappa shape index (κ1) is 14.6. The van der Waals surface area contributed by atoms with Crippen molar-refractivity contribution in [3.8, 4) is 0 Å². The Kier molecular flexibility index (Phi) is 5.15. The van der Waals surface area contributed by atoms with E-state index in [2.05, 4.69) is 15.5 Å². The van der Waals surface area contributed by atoms with Crippen LogP contribution < -0.4 is 5.32 Å². The van der Waals surface area contributed by atoms with Gasteiger partial charge in [0.2, 0.25) is 11.8 Å². The number of aromatic nitrogens is 2. The van der Waals surface area contributed by atoms with E-state index in [0.29, 0.717) is 25.9 Å². The van der Waals surface area contributed by atoms with E-state index in [1.807, 2.05) is 17.9 Å². The van der Waals surface area contributed by atoms with Crippen LogP contribution in [0.3, 0.4) is 0 Å². The maximum Gasteiger partial charge on any atom is 0.224 e. The minimum atomic E-state index is -0.0685. The van der Waals surface area contributed by atoms with Crippen LogP contribution in [0.5, 0.6) is 0 Å². The zero-order chi connectivity index (χ0) is 14.4. The number of rotatable bonds is 6. The van der Waals surface area contributed by atoms with Gasteiger partial charge in [-0.2, -0.15) is 5.10 Å². The molecule has 1 saturated heterocycles. The molecular weight excluding hydrogens is 256 g/mol. The topological polar surface area (TPSA) is 78.1 Å². The second-order valence-electron chi connectivity index (χ2n) is 5.20. The largest absolute Gasteiger partial charge is 0.355 e. The molecule has 20 heavy (non-hydrogen) atoms. The van der Waals surface area contributed by atoms with Gasteiger partial charge in [-0.05, 0) is 18.9 Å². The molecule has 0 spiro atoms. The van der Waals surface area contributed by atoms with Gasteiger partial charge in [0.15, 0.2) is 0 Å². The SMILES string of the molecule is CCCN1CC(C(=O)NCCc2ccn[nH]2)CCC1=O. The van der Waals surface area contributed by atoms with Crippen molar-refractivity contribution in [2.24, 2.45) is 5.92 Å². The third-order valence-corrected chi connectivity index (χ3v) is 3.62. The van der Waals surface area contributed by atoms with Crippen molar-refractivity contribution >= 4 is 11.8 Å². The lowest BCUT2D eigenvalue weighted by atomic mass is 9.96. The highest BCUT2D eigenvalue weighted by atomic mass is 16.2. The number of hydrogen-bond donors (Lipinski definition) is 2. The number of piperidine rings is 1. The lowest BCUT2D eigenvalue weighted by Crippen LogP contribution is -2.46. The summed E-state index contributed by atoms with van der Waals surface area (Å²) in [6, 6.07) is 1.90. The molecule has 0 aliphatic carbocycles. The normalized spacial score (nSPS) is 19.1. The zero-order valence-electron chi connectivity index (χ0n) is 11.9. The van der Waals surface area contributed by atoms with Gasteiger partial charge in [-0.15, -0.1) is 0 Å². The van der Waals surface area contributed by atoms with Gasteiger partial charge in [0.25, 0.3) is 0 Å². The first-order chi connectivity index (χ1) is 9.70. The van der Waals surface area contributed by atoms with Crippen LogP contribution in [0.25, 0.3) is 0 Å². The monoisotopic (exact) mass is 278 g/mol. The van der Waals surface area contributed by atoms with Crippen LogP contribution in [0, 0.1) is 5.92 Å². The van der Waals surface area contributed by atoms with E-state index >= 15 is 0 Å². The highest BCUT2D eigenvalue weighted by molar-refractivity contribution is 5.83. The summed E-state index contributed by atoms with van der Waals surface area (Å²) in [7, 11) is 0. The summed E-state index contributed by atoms with van der Waals surface area (Å²) in [4.78, 5) is 25.6. The van der Waals surface area contributed by atoms with Gasteiger partial charge >= 0.3 is 0 Å². The van der Waals surface area contributed by atoms with Gasteiger partial charge in [-0.3, -0.25) is 14.7 Å². The number of nitrogens with one attached hydrogen (secondary N) is 2. The van der Waals surface area contributed by atoms with E-state index in [1.165, 1.54) is 0 Å². The van der Waals surface area contributed by atoms with E-state index in [9.17, 15) is 9.59 Å². The van der Waals surface area contributed by atoms with Crippen molar-refractivity contribution in [1.82, 2.24) is 20.4 Å². The van der Waals surface area contributed by atoms with Gasteiger partial charge in [-0.25, -0.2) is 0 Å². The predicted octanol–water partition coefficient (Wildman–Crippen LogP) is 0.717. The third-order valence-electron chi connectivity index (χ3n) is 3.62. The summed E-state index contributed by atoms with van der Waals surface area (Å²) in [5, 5.41) is 9.68. The number of amides is 2. The summed E-state index contributed by atoms with van der Waals surface area (Å²) in [6.45, 7) is 3.94. The lowest BCUT2D eigenvalue weighted by molar-refractivity contribution is -0.138. The molecule has 0 bridgehead atoms. The number of H-pyrrole nitrogens is 1. The van der Waals surface area contributed by atoms with E-state index in [-0.39, 0.29) is 17.7 Å². The van der Waals surface area contributed by atoms with E-state index in [4.69, 9.17) is 0 Å². The predicted molar refractivity (Wildman–Crippen MR) is 74.9 cm³/mol. The van der Waals surface area contributed by atoms with Gasteiger partial charge in [0, 0.05) is 44.4 Å². The van der Waals surface area contributed by atoms with Crippen molar-refractivity contribution in [3.05, 3.63) is 18.0 Å². The second-order valence-corrected chi connectivity index (χ2v) is 5.20. The average molecular weight is 278 g/mol. The van der Waals surface area contributed by atoms with Crippen molar-refractivity contribution in [3.63, 3.8) is 0 Å². The van der Waals surface area contributed by atoms with E-state index in [1.54, 1.807) is 6.20 Å². The summed E-state index contributed by atoms with van der Waals surface area (Å²) in [5.74, 6) is 0.160. The number of nitrogens with zero attached hydrogens (tertiary/aromatic N) is 2. The van der Waals surface area contributed by atoms with Crippen LogP contribution in [0.2, 0.25) is 0 Å². The Morgan fingerprint density at radius 2 is 2.45 bits per heavy atom. The van der Waals surface area contributed by atoms with Gasteiger partial charge < -0.3 is 10.2 Å². The molecule has 2 rings (SSSR count). The summed E-state index contributed by atoms with van der Waals surface area (Å²) >= 11 is 0. The summed E-state index contributed by atoms with van der Waals surface area (Å²) < 4.78 is 0. The number of likely N-dealkylation sites (tertiary alicyclic amines) is 1. The Labute approximate surface area is 118 Å². The molecule has 2 heterocycles. The summed E-state index contributed by atoms with van der Waals surface area (Å²) in [6.07, 6.45) is 4.52. The van der Waals surface area contributed by atoms with Crippen LogP contribution in [0.1, 0.15) is 31.9 Å². The standard InChI is InChI=1S/C14H22N4O2/c1-2-9-18-10-11(3-4-13(18)19)14(20)15-7-5-12-6-8-16-17-12/h6,8,11H,2-5,7,9-10H2,1H3,(H,15,20)(H,16,17). The minimum absolute atomic E-state index is 0.0538. The molecule has 0 aromatic carbocycles.